The Bertz CT molecular complexity index is 455. The predicted molar refractivity (Wildman–Crippen MR) is 63.8 cm³/mol. The molecule has 1 aromatic carbocycles. The van der Waals surface area contributed by atoms with E-state index in [0.717, 1.165) is 0 Å². The first-order valence-electron chi connectivity index (χ1n) is 5.32. The van der Waals surface area contributed by atoms with Gasteiger partial charge in [-0.3, -0.25) is 9.59 Å². The summed E-state index contributed by atoms with van der Waals surface area (Å²) in [6.07, 6.45) is 0. The highest BCUT2D eigenvalue weighted by atomic mass is 19.3. The molecule has 0 spiro atoms. The molecule has 0 radical (unpaired) electrons. The first-order chi connectivity index (χ1) is 9.01. The van der Waals surface area contributed by atoms with Crippen molar-refractivity contribution in [2.75, 3.05) is 18.4 Å². The molecular weight excluding hydrogens is 260 g/mol. The van der Waals surface area contributed by atoms with E-state index < -0.39 is 18.4 Å². The van der Waals surface area contributed by atoms with E-state index in [2.05, 4.69) is 15.4 Å². The maximum atomic E-state index is 12.0. The lowest BCUT2D eigenvalue weighted by Crippen LogP contribution is -2.36. The summed E-state index contributed by atoms with van der Waals surface area (Å²) < 4.78 is 28.2. The van der Waals surface area contributed by atoms with E-state index in [-0.39, 0.29) is 24.5 Å². The number of hydrogen-bond acceptors (Lipinski definition) is 4. The second-order valence-electron chi connectivity index (χ2n) is 3.44. The van der Waals surface area contributed by atoms with E-state index in [1.165, 1.54) is 24.3 Å². The highest BCUT2D eigenvalue weighted by molar-refractivity contribution is 5.94. The summed E-state index contributed by atoms with van der Waals surface area (Å²) in [6, 6.07) is 5.53. The van der Waals surface area contributed by atoms with Crippen molar-refractivity contribution in [3.05, 3.63) is 24.3 Å². The zero-order valence-electron chi connectivity index (χ0n) is 9.86. The van der Waals surface area contributed by atoms with Crippen LogP contribution in [0.4, 0.5) is 14.5 Å². The van der Waals surface area contributed by atoms with Gasteiger partial charge in [0.2, 0.25) is 11.8 Å². The minimum Gasteiger partial charge on any atom is -0.435 e. The fraction of sp³-hybridized carbons (Fsp3) is 0.273. The van der Waals surface area contributed by atoms with Gasteiger partial charge in [-0.2, -0.15) is 8.78 Å². The van der Waals surface area contributed by atoms with E-state index >= 15 is 0 Å². The molecule has 2 amide bonds. The average Bonchev–Trinajstić information content (AvgIpc) is 2.35. The van der Waals surface area contributed by atoms with Gasteiger partial charge < -0.3 is 21.1 Å². The van der Waals surface area contributed by atoms with Crippen LogP contribution in [-0.4, -0.2) is 31.5 Å². The van der Waals surface area contributed by atoms with Crippen LogP contribution >= 0.6 is 0 Å². The van der Waals surface area contributed by atoms with Gasteiger partial charge in [-0.05, 0) is 12.1 Å². The maximum absolute atomic E-state index is 12.0. The Morgan fingerprint density at radius 3 is 2.68 bits per heavy atom. The number of ether oxygens (including phenoxy) is 1. The van der Waals surface area contributed by atoms with Crippen molar-refractivity contribution in [1.82, 2.24) is 5.32 Å². The Balaban J connectivity index is 2.52. The third kappa shape index (κ3) is 5.77. The van der Waals surface area contributed by atoms with E-state index in [0.29, 0.717) is 0 Å². The van der Waals surface area contributed by atoms with Gasteiger partial charge >= 0.3 is 6.61 Å². The van der Waals surface area contributed by atoms with Crippen LogP contribution in [0.25, 0.3) is 0 Å². The lowest BCUT2D eigenvalue weighted by molar-refractivity contribution is -0.123. The van der Waals surface area contributed by atoms with Crippen LogP contribution in [0.5, 0.6) is 5.75 Å². The Morgan fingerprint density at radius 1 is 1.32 bits per heavy atom. The Hall–Kier alpha value is -2.22. The molecule has 0 atom stereocenters. The van der Waals surface area contributed by atoms with Gasteiger partial charge in [-0.25, -0.2) is 0 Å². The first kappa shape index (κ1) is 14.8. The molecule has 0 heterocycles. The molecule has 0 saturated carbocycles. The van der Waals surface area contributed by atoms with Crippen LogP contribution in [-0.2, 0) is 9.59 Å². The summed E-state index contributed by atoms with van der Waals surface area (Å²) in [5.41, 5.74) is 5.33. The van der Waals surface area contributed by atoms with Crippen LogP contribution in [0.2, 0.25) is 0 Å². The molecule has 0 aliphatic rings. The summed E-state index contributed by atoms with van der Waals surface area (Å²) in [4.78, 5) is 22.2. The molecule has 8 heteroatoms. The number of benzene rings is 1. The zero-order chi connectivity index (χ0) is 14.3. The highest BCUT2D eigenvalue weighted by Gasteiger charge is 2.07. The average molecular weight is 273 g/mol. The van der Waals surface area contributed by atoms with Crippen molar-refractivity contribution in [3.8, 4) is 5.75 Å². The Kier molecular flexibility index (Phi) is 5.68. The molecule has 0 aliphatic carbocycles. The standard InChI is InChI=1S/C11H13F2N3O3/c12-11(13)19-8-3-1-2-7(4-8)16-10(18)6-15-9(17)5-14/h1-4,11H,5-6,14H2,(H,15,17)(H,16,18). The summed E-state index contributed by atoms with van der Waals surface area (Å²) >= 11 is 0. The van der Waals surface area contributed by atoms with Crippen molar-refractivity contribution in [1.29, 1.82) is 0 Å². The molecule has 1 rings (SSSR count). The van der Waals surface area contributed by atoms with E-state index in [1.807, 2.05) is 0 Å². The van der Waals surface area contributed by atoms with Crippen molar-refractivity contribution < 1.29 is 23.1 Å². The number of alkyl halides is 2. The summed E-state index contributed by atoms with van der Waals surface area (Å²) in [6.45, 7) is -3.41. The fourth-order valence-electron chi connectivity index (χ4n) is 1.21. The van der Waals surface area contributed by atoms with E-state index in [4.69, 9.17) is 5.73 Å². The minimum absolute atomic E-state index is 0.0706. The highest BCUT2D eigenvalue weighted by Crippen LogP contribution is 2.19. The van der Waals surface area contributed by atoms with Gasteiger partial charge in [0.1, 0.15) is 5.75 Å². The Morgan fingerprint density at radius 2 is 2.05 bits per heavy atom. The molecule has 6 nitrogen and oxygen atoms in total. The molecule has 0 aliphatic heterocycles. The van der Waals surface area contributed by atoms with Crippen LogP contribution in [0.15, 0.2) is 24.3 Å². The second kappa shape index (κ2) is 7.27. The Labute approximate surface area is 107 Å². The number of rotatable bonds is 6. The minimum atomic E-state index is -2.94. The molecule has 0 bridgehead atoms. The van der Waals surface area contributed by atoms with Gasteiger partial charge in [0.15, 0.2) is 0 Å². The van der Waals surface area contributed by atoms with Crippen LogP contribution in [0.3, 0.4) is 0 Å². The second-order valence-corrected chi connectivity index (χ2v) is 3.44. The lowest BCUT2D eigenvalue weighted by atomic mass is 10.3. The monoisotopic (exact) mass is 273 g/mol. The van der Waals surface area contributed by atoms with Gasteiger partial charge in [0.25, 0.3) is 0 Å². The van der Waals surface area contributed by atoms with Crippen molar-refractivity contribution in [3.63, 3.8) is 0 Å². The van der Waals surface area contributed by atoms with Crippen LogP contribution < -0.4 is 21.1 Å². The fourth-order valence-corrected chi connectivity index (χ4v) is 1.21. The number of nitrogens with two attached hydrogens (primary N) is 1. The molecule has 104 valence electrons. The van der Waals surface area contributed by atoms with Crippen LogP contribution in [0.1, 0.15) is 0 Å². The molecule has 4 N–H and O–H groups in total. The topological polar surface area (TPSA) is 93.5 Å². The predicted octanol–water partition coefficient (Wildman–Crippen LogP) is 0.301. The third-order valence-corrected chi connectivity index (χ3v) is 1.97. The smallest absolute Gasteiger partial charge is 0.387 e. The number of amides is 2. The number of anilines is 1. The molecule has 19 heavy (non-hydrogen) atoms. The SMILES string of the molecule is NCC(=O)NCC(=O)Nc1cccc(OC(F)F)c1. The number of carbonyl (C=O) groups is 2. The molecule has 0 fully saturated rings. The van der Waals surface area contributed by atoms with Crippen molar-refractivity contribution in [2.24, 2.45) is 5.73 Å². The number of carbonyl (C=O) groups excluding carboxylic acids is 2. The van der Waals surface area contributed by atoms with Crippen LogP contribution in [0, 0.1) is 0 Å². The van der Waals surface area contributed by atoms with Gasteiger partial charge in [0, 0.05) is 11.8 Å². The zero-order valence-corrected chi connectivity index (χ0v) is 9.86. The van der Waals surface area contributed by atoms with Crippen molar-refractivity contribution in [2.45, 2.75) is 6.61 Å². The number of halogens is 2. The first-order valence-corrected chi connectivity index (χ1v) is 5.32. The molecule has 0 saturated heterocycles. The van der Waals surface area contributed by atoms with Crippen molar-refractivity contribution >= 4 is 17.5 Å². The van der Waals surface area contributed by atoms with Gasteiger partial charge in [-0.15, -0.1) is 0 Å². The summed E-state index contributed by atoms with van der Waals surface area (Å²) in [5, 5.41) is 4.69. The number of nitrogens with one attached hydrogen (secondary N) is 2. The van der Waals surface area contributed by atoms with Gasteiger partial charge in [-0.1, -0.05) is 6.07 Å². The van der Waals surface area contributed by atoms with E-state index in [1.54, 1.807) is 0 Å². The lowest BCUT2D eigenvalue weighted by Gasteiger charge is -2.08. The molecule has 1 aromatic rings. The quantitative estimate of drug-likeness (QED) is 0.695. The summed E-state index contributed by atoms with van der Waals surface area (Å²) in [7, 11) is 0. The molecule has 0 aromatic heterocycles. The third-order valence-electron chi connectivity index (χ3n) is 1.97. The molecular formula is C11H13F2N3O3. The van der Waals surface area contributed by atoms with Gasteiger partial charge in [0.05, 0.1) is 13.1 Å². The normalized spacial score (nSPS) is 10.1. The maximum Gasteiger partial charge on any atom is 0.387 e. The summed E-state index contributed by atoms with van der Waals surface area (Å²) in [5.74, 6) is -1.04. The number of hydrogen-bond donors (Lipinski definition) is 3. The molecule has 0 unspecified atom stereocenters. The van der Waals surface area contributed by atoms with E-state index in [9.17, 15) is 18.4 Å². The largest absolute Gasteiger partial charge is 0.435 e.